The molecule has 1 aliphatic rings. The minimum atomic E-state index is -1.01. The van der Waals surface area contributed by atoms with Gasteiger partial charge in [0.2, 0.25) is 5.78 Å². The Hall–Kier alpha value is -3.83. The normalized spacial score (nSPS) is 15.1. The van der Waals surface area contributed by atoms with E-state index in [1.54, 1.807) is 45.0 Å². The van der Waals surface area contributed by atoms with E-state index in [-0.39, 0.29) is 22.2 Å². The molecule has 2 aromatic heterocycles. The van der Waals surface area contributed by atoms with E-state index in [4.69, 9.17) is 9.47 Å². The molecule has 3 heterocycles. The van der Waals surface area contributed by atoms with Gasteiger partial charge in [0, 0.05) is 0 Å². The maximum atomic E-state index is 13.9. The summed E-state index contributed by atoms with van der Waals surface area (Å²) in [6.07, 6.45) is 4.45. The minimum absolute atomic E-state index is 0.0242. The highest BCUT2D eigenvalue weighted by Crippen LogP contribution is 2.45. The largest absolute Gasteiger partial charge is 0.503 e. The molecule has 1 atom stereocenters. The number of unbranched alkanes of at least 4 members (excludes halogenated alkanes) is 2. The number of nitrogens with zero attached hydrogens (tertiary/aromatic N) is 3. The Morgan fingerprint density at radius 2 is 1.88 bits per heavy atom. The molecule has 40 heavy (non-hydrogen) atoms. The van der Waals surface area contributed by atoms with Gasteiger partial charge in [-0.1, -0.05) is 55.9 Å². The summed E-state index contributed by atoms with van der Waals surface area (Å²) in [5.74, 6) is -1.97. The molecule has 1 amide bonds. The van der Waals surface area contributed by atoms with E-state index >= 15 is 0 Å². The molecule has 0 radical (unpaired) electrons. The van der Waals surface area contributed by atoms with Crippen molar-refractivity contribution >= 4 is 45.5 Å². The van der Waals surface area contributed by atoms with Crippen molar-refractivity contribution in [3.8, 4) is 5.75 Å². The van der Waals surface area contributed by atoms with Gasteiger partial charge in [-0.25, -0.2) is 14.8 Å². The molecule has 11 heteroatoms. The summed E-state index contributed by atoms with van der Waals surface area (Å²) in [4.78, 5) is 50.7. The van der Waals surface area contributed by atoms with Crippen LogP contribution in [0.4, 0.5) is 5.13 Å². The van der Waals surface area contributed by atoms with Crippen LogP contribution in [0.5, 0.6) is 5.75 Å². The zero-order valence-corrected chi connectivity index (χ0v) is 24.5. The molecule has 210 valence electrons. The summed E-state index contributed by atoms with van der Waals surface area (Å²) >= 11 is 2.16. The molecule has 4 rings (SSSR count). The van der Waals surface area contributed by atoms with Crippen LogP contribution in [0.25, 0.3) is 0 Å². The average Bonchev–Trinajstić information content (AvgIpc) is 3.57. The second-order valence-electron chi connectivity index (χ2n) is 9.24. The summed E-state index contributed by atoms with van der Waals surface area (Å²) in [6, 6.07) is 6.09. The lowest BCUT2D eigenvalue weighted by Gasteiger charge is -2.25. The van der Waals surface area contributed by atoms with Crippen molar-refractivity contribution in [1.29, 1.82) is 0 Å². The van der Waals surface area contributed by atoms with Gasteiger partial charge in [-0.3, -0.25) is 14.5 Å². The van der Waals surface area contributed by atoms with Gasteiger partial charge in [-0.05, 0) is 44.9 Å². The molecule has 1 aromatic carbocycles. The van der Waals surface area contributed by atoms with Gasteiger partial charge in [-0.2, -0.15) is 0 Å². The number of esters is 1. The minimum Gasteiger partial charge on any atom is -0.503 e. The van der Waals surface area contributed by atoms with E-state index in [0.717, 1.165) is 30.6 Å². The van der Waals surface area contributed by atoms with Crippen LogP contribution in [0.15, 0.2) is 48.3 Å². The van der Waals surface area contributed by atoms with Crippen molar-refractivity contribution in [3.05, 3.63) is 80.0 Å². The number of ether oxygens (including phenoxy) is 2. The summed E-state index contributed by atoms with van der Waals surface area (Å²) in [5.41, 5.74) is 1.35. The van der Waals surface area contributed by atoms with Crippen molar-refractivity contribution in [2.45, 2.75) is 53.0 Å². The molecular weight excluding hydrogens is 550 g/mol. The van der Waals surface area contributed by atoms with E-state index in [0.29, 0.717) is 39.2 Å². The predicted molar refractivity (Wildman–Crippen MR) is 155 cm³/mol. The van der Waals surface area contributed by atoms with Crippen molar-refractivity contribution in [1.82, 2.24) is 9.97 Å². The molecule has 0 aliphatic carbocycles. The highest BCUT2D eigenvalue weighted by atomic mass is 32.1. The van der Waals surface area contributed by atoms with Gasteiger partial charge in [0.25, 0.3) is 5.91 Å². The fourth-order valence-electron chi connectivity index (χ4n) is 4.41. The third kappa shape index (κ3) is 5.85. The van der Waals surface area contributed by atoms with Crippen molar-refractivity contribution in [2.75, 3.05) is 18.1 Å². The molecule has 1 aliphatic heterocycles. The number of hydrogen-bond donors (Lipinski definition) is 1. The van der Waals surface area contributed by atoms with Crippen molar-refractivity contribution < 1.29 is 29.0 Å². The second-order valence-corrected chi connectivity index (χ2v) is 11.4. The van der Waals surface area contributed by atoms with Gasteiger partial charge >= 0.3 is 5.97 Å². The maximum Gasteiger partial charge on any atom is 0.350 e. The summed E-state index contributed by atoms with van der Waals surface area (Å²) in [5, 5.41) is 12.0. The number of benzene rings is 1. The first-order valence-electron chi connectivity index (χ1n) is 12.9. The van der Waals surface area contributed by atoms with E-state index in [1.165, 1.54) is 22.3 Å². The van der Waals surface area contributed by atoms with E-state index < -0.39 is 29.5 Å². The predicted octanol–water partition coefficient (Wildman–Crippen LogP) is 6.22. The maximum absolute atomic E-state index is 13.9. The summed E-state index contributed by atoms with van der Waals surface area (Å²) in [6.45, 7) is 11.3. The fraction of sp³-hybridized carbons (Fsp3) is 0.345. The molecule has 0 fully saturated rings. The number of aliphatic hydroxyl groups excluding tert-OH is 1. The third-order valence-electron chi connectivity index (χ3n) is 6.26. The van der Waals surface area contributed by atoms with Crippen molar-refractivity contribution in [2.24, 2.45) is 0 Å². The lowest BCUT2D eigenvalue weighted by atomic mass is 9.95. The van der Waals surface area contributed by atoms with Crippen LogP contribution in [0.3, 0.4) is 0 Å². The molecule has 0 spiro atoms. The standard InChI is InChI=1S/C29H31N3O6S2/c1-6-8-9-14-37-20-12-10-11-19(15-20)22-21(23(33)25-16(3)30-18(5)39-25)24(34)27(35)32(22)29-31-17(4)26(40-29)28(36)38-13-7-2/h7,10-12,15,22,34H,2,6,8-9,13-14H2,1,3-5H3. The number of hydrogen-bond acceptors (Lipinski definition) is 10. The second kappa shape index (κ2) is 12.6. The van der Waals surface area contributed by atoms with E-state index in [2.05, 4.69) is 23.5 Å². The smallest absolute Gasteiger partial charge is 0.350 e. The SMILES string of the molecule is C=CCOC(=O)c1sc(N2C(=O)C(O)=C(C(=O)c3sc(C)nc3C)C2c2cccc(OCCCCC)c2)nc1C. The Balaban J connectivity index is 1.80. The number of carbonyl (C=O) groups excluding carboxylic acids is 3. The quantitative estimate of drug-likeness (QED) is 0.116. The Bertz CT molecular complexity index is 1490. The van der Waals surface area contributed by atoms with Crippen LogP contribution < -0.4 is 9.64 Å². The Morgan fingerprint density at radius 3 is 2.55 bits per heavy atom. The zero-order chi connectivity index (χ0) is 29.0. The average molecular weight is 582 g/mol. The third-order valence-corrected chi connectivity index (χ3v) is 8.47. The van der Waals surface area contributed by atoms with Crippen molar-refractivity contribution in [3.63, 3.8) is 0 Å². The lowest BCUT2D eigenvalue weighted by molar-refractivity contribution is -0.117. The number of aromatic nitrogens is 2. The Labute approximate surface area is 240 Å². The van der Waals surface area contributed by atoms with Gasteiger partial charge in [-0.15, -0.1) is 11.3 Å². The molecular formula is C29H31N3O6S2. The van der Waals surface area contributed by atoms with Crippen LogP contribution in [-0.4, -0.2) is 45.9 Å². The number of Topliss-reactive ketones (excluding diaryl/α,β-unsaturated/α-hetero) is 1. The van der Waals surface area contributed by atoms with Gasteiger partial charge in [0.05, 0.1) is 39.5 Å². The van der Waals surface area contributed by atoms with E-state index in [1.807, 2.05) is 0 Å². The zero-order valence-electron chi connectivity index (χ0n) is 22.9. The highest BCUT2D eigenvalue weighted by molar-refractivity contribution is 7.17. The molecule has 1 unspecified atom stereocenters. The molecule has 0 saturated carbocycles. The van der Waals surface area contributed by atoms with E-state index in [9.17, 15) is 19.5 Å². The Morgan fingerprint density at radius 1 is 1.12 bits per heavy atom. The molecule has 9 nitrogen and oxygen atoms in total. The number of amides is 1. The molecule has 1 N–H and O–H groups in total. The van der Waals surface area contributed by atoms with Crippen LogP contribution in [0.1, 0.15) is 73.5 Å². The first kappa shape index (κ1) is 29.2. The number of rotatable bonds is 12. The number of thiazole rings is 2. The molecule has 0 saturated heterocycles. The molecule has 3 aromatic rings. The highest BCUT2D eigenvalue weighted by Gasteiger charge is 2.47. The number of carbonyl (C=O) groups is 3. The lowest BCUT2D eigenvalue weighted by Crippen LogP contribution is -2.31. The van der Waals surface area contributed by atoms with Gasteiger partial charge in [0.15, 0.2) is 10.9 Å². The number of ketones is 1. The number of aliphatic hydroxyl groups is 1. The van der Waals surface area contributed by atoms with Crippen LogP contribution >= 0.6 is 22.7 Å². The fourth-order valence-corrected chi connectivity index (χ4v) is 6.27. The topological polar surface area (TPSA) is 119 Å². The van der Waals surface area contributed by atoms with Gasteiger partial charge < -0.3 is 14.6 Å². The number of aryl methyl sites for hydroxylation is 3. The van der Waals surface area contributed by atoms with Crippen LogP contribution in [-0.2, 0) is 9.53 Å². The Kier molecular flexibility index (Phi) is 9.16. The monoisotopic (exact) mass is 581 g/mol. The first-order valence-corrected chi connectivity index (χ1v) is 14.5. The molecule has 0 bridgehead atoms. The first-order chi connectivity index (χ1) is 19.2. The van der Waals surface area contributed by atoms with Crippen LogP contribution in [0, 0.1) is 20.8 Å². The number of anilines is 1. The summed E-state index contributed by atoms with van der Waals surface area (Å²) < 4.78 is 11.1. The van der Waals surface area contributed by atoms with Crippen LogP contribution in [0.2, 0.25) is 0 Å². The van der Waals surface area contributed by atoms with Gasteiger partial charge in [0.1, 0.15) is 17.2 Å². The summed E-state index contributed by atoms with van der Waals surface area (Å²) in [7, 11) is 0.